The van der Waals surface area contributed by atoms with Crippen LogP contribution in [0, 0.1) is 0 Å². The van der Waals surface area contributed by atoms with E-state index in [9.17, 15) is 4.79 Å². The van der Waals surface area contributed by atoms with Gasteiger partial charge in [0.25, 0.3) is 5.91 Å². The number of hydrogen-bond acceptors (Lipinski definition) is 3. The first-order valence-corrected chi connectivity index (χ1v) is 7.06. The lowest BCUT2D eigenvalue weighted by Gasteiger charge is -2.22. The van der Waals surface area contributed by atoms with E-state index in [1.165, 1.54) is 6.20 Å². The molecule has 0 aliphatic heterocycles. The van der Waals surface area contributed by atoms with Crippen LogP contribution < -0.4 is 5.32 Å². The number of pyridine rings is 1. The predicted molar refractivity (Wildman–Crippen MR) is 84.5 cm³/mol. The van der Waals surface area contributed by atoms with Gasteiger partial charge in [-0.25, -0.2) is 4.98 Å². The highest BCUT2D eigenvalue weighted by Gasteiger charge is 2.16. The number of carbonyl (C=O) groups is 1. The van der Waals surface area contributed by atoms with Crippen LogP contribution in [0.15, 0.2) is 48.7 Å². The molecule has 0 saturated carbocycles. The van der Waals surface area contributed by atoms with Gasteiger partial charge < -0.3 is 10.2 Å². The van der Waals surface area contributed by atoms with Crippen molar-refractivity contribution in [2.45, 2.75) is 6.04 Å². The number of nitrogens with one attached hydrogen (secondary N) is 1. The SMILES string of the molecule is CN(C)C[C@H](NC(=O)c1ccc(Cl)nc1)c1ccccc1. The van der Waals surface area contributed by atoms with Crippen molar-refractivity contribution in [2.24, 2.45) is 0 Å². The lowest BCUT2D eigenvalue weighted by Crippen LogP contribution is -2.35. The lowest BCUT2D eigenvalue weighted by molar-refractivity contribution is 0.0929. The second-order valence-electron chi connectivity index (χ2n) is 5.07. The summed E-state index contributed by atoms with van der Waals surface area (Å²) in [6.07, 6.45) is 1.48. The summed E-state index contributed by atoms with van der Waals surface area (Å²) in [5, 5.41) is 3.41. The van der Waals surface area contributed by atoms with Crippen molar-refractivity contribution >= 4 is 17.5 Å². The van der Waals surface area contributed by atoms with E-state index in [0.29, 0.717) is 10.7 Å². The van der Waals surface area contributed by atoms with Crippen molar-refractivity contribution in [1.82, 2.24) is 15.2 Å². The molecule has 0 saturated heterocycles. The molecule has 0 unspecified atom stereocenters. The van der Waals surface area contributed by atoms with Crippen LogP contribution in [0.1, 0.15) is 22.0 Å². The van der Waals surface area contributed by atoms with Gasteiger partial charge in [-0.2, -0.15) is 0 Å². The van der Waals surface area contributed by atoms with Gasteiger partial charge in [0.15, 0.2) is 0 Å². The van der Waals surface area contributed by atoms with Gasteiger partial charge in [-0.15, -0.1) is 0 Å². The third kappa shape index (κ3) is 4.55. The van der Waals surface area contributed by atoms with E-state index < -0.39 is 0 Å². The topological polar surface area (TPSA) is 45.2 Å². The number of benzene rings is 1. The number of rotatable bonds is 5. The second kappa shape index (κ2) is 7.20. The van der Waals surface area contributed by atoms with Crippen LogP contribution >= 0.6 is 11.6 Å². The number of aromatic nitrogens is 1. The fourth-order valence-corrected chi connectivity index (χ4v) is 2.15. The van der Waals surface area contributed by atoms with Gasteiger partial charge in [0, 0.05) is 12.7 Å². The van der Waals surface area contributed by atoms with Crippen LogP contribution in [0.3, 0.4) is 0 Å². The predicted octanol–water partition coefficient (Wildman–Crippen LogP) is 2.77. The minimum Gasteiger partial charge on any atom is -0.344 e. The van der Waals surface area contributed by atoms with Crippen molar-refractivity contribution in [3.05, 3.63) is 64.9 Å². The molecule has 2 rings (SSSR count). The molecule has 4 nitrogen and oxygen atoms in total. The summed E-state index contributed by atoms with van der Waals surface area (Å²) in [6, 6.07) is 13.1. The van der Waals surface area contributed by atoms with E-state index in [1.807, 2.05) is 49.3 Å². The summed E-state index contributed by atoms with van der Waals surface area (Å²) in [4.78, 5) is 18.3. The van der Waals surface area contributed by atoms with Crippen molar-refractivity contribution in [2.75, 3.05) is 20.6 Å². The number of likely N-dealkylation sites (N-methyl/N-ethyl adjacent to an activating group) is 1. The number of amides is 1. The molecule has 1 atom stereocenters. The van der Waals surface area contributed by atoms with Gasteiger partial charge in [0.1, 0.15) is 5.15 Å². The number of carbonyl (C=O) groups excluding carboxylic acids is 1. The molecule has 0 aliphatic carbocycles. The molecule has 5 heteroatoms. The molecule has 0 bridgehead atoms. The van der Waals surface area contributed by atoms with Gasteiger partial charge in [-0.3, -0.25) is 4.79 Å². The van der Waals surface area contributed by atoms with Crippen LogP contribution in [0.25, 0.3) is 0 Å². The Balaban J connectivity index is 2.15. The molecule has 2 aromatic rings. The van der Waals surface area contributed by atoms with E-state index in [0.717, 1.165) is 12.1 Å². The average molecular weight is 304 g/mol. The summed E-state index contributed by atoms with van der Waals surface area (Å²) < 4.78 is 0. The highest BCUT2D eigenvalue weighted by Crippen LogP contribution is 2.14. The molecule has 1 amide bonds. The zero-order valence-electron chi connectivity index (χ0n) is 12.1. The third-order valence-electron chi connectivity index (χ3n) is 3.04. The van der Waals surface area contributed by atoms with Crippen LogP contribution in [0.5, 0.6) is 0 Å². The summed E-state index contributed by atoms with van der Waals surface area (Å²) in [6.45, 7) is 0.719. The lowest BCUT2D eigenvalue weighted by atomic mass is 10.1. The van der Waals surface area contributed by atoms with E-state index in [2.05, 4.69) is 10.3 Å². The zero-order chi connectivity index (χ0) is 15.2. The van der Waals surface area contributed by atoms with Crippen molar-refractivity contribution in [3.8, 4) is 0 Å². The molecule has 0 aliphatic rings. The summed E-state index contributed by atoms with van der Waals surface area (Å²) in [5.41, 5.74) is 1.57. The van der Waals surface area contributed by atoms with E-state index in [1.54, 1.807) is 12.1 Å². The Morgan fingerprint density at radius 3 is 2.52 bits per heavy atom. The van der Waals surface area contributed by atoms with Crippen molar-refractivity contribution in [1.29, 1.82) is 0 Å². The smallest absolute Gasteiger partial charge is 0.253 e. The Kier molecular flexibility index (Phi) is 5.31. The van der Waals surface area contributed by atoms with Crippen LogP contribution in [-0.4, -0.2) is 36.4 Å². The Morgan fingerprint density at radius 1 is 1.24 bits per heavy atom. The minimum atomic E-state index is -0.158. The van der Waals surface area contributed by atoms with Crippen LogP contribution in [-0.2, 0) is 0 Å². The molecule has 1 aromatic carbocycles. The third-order valence-corrected chi connectivity index (χ3v) is 3.27. The highest BCUT2D eigenvalue weighted by atomic mass is 35.5. The monoisotopic (exact) mass is 303 g/mol. The molecule has 1 N–H and O–H groups in total. The van der Waals surface area contributed by atoms with E-state index in [-0.39, 0.29) is 11.9 Å². The normalized spacial score (nSPS) is 12.2. The molecule has 1 aromatic heterocycles. The maximum absolute atomic E-state index is 12.3. The fourth-order valence-electron chi connectivity index (χ4n) is 2.04. The summed E-state index contributed by atoms with van der Waals surface area (Å²) in [5.74, 6) is -0.158. The number of nitrogens with zero attached hydrogens (tertiary/aromatic N) is 2. The van der Waals surface area contributed by atoms with E-state index >= 15 is 0 Å². The van der Waals surface area contributed by atoms with Crippen molar-refractivity contribution in [3.63, 3.8) is 0 Å². The van der Waals surface area contributed by atoms with Gasteiger partial charge >= 0.3 is 0 Å². The summed E-state index contributed by atoms with van der Waals surface area (Å²) in [7, 11) is 3.96. The Bertz CT molecular complexity index is 584. The molecular weight excluding hydrogens is 286 g/mol. The molecular formula is C16H18ClN3O. The first-order chi connectivity index (χ1) is 10.1. The molecule has 21 heavy (non-hydrogen) atoms. The fraction of sp³-hybridized carbons (Fsp3) is 0.250. The molecule has 0 spiro atoms. The quantitative estimate of drug-likeness (QED) is 0.864. The average Bonchev–Trinajstić information content (AvgIpc) is 2.47. The largest absolute Gasteiger partial charge is 0.344 e. The molecule has 1 heterocycles. The first kappa shape index (κ1) is 15.5. The standard InChI is InChI=1S/C16H18ClN3O/c1-20(2)11-14(12-6-4-3-5-7-12)19-16(21)13-8-9-15(17)18-10-13/h3-10,14H,11H2,1-2H3,(H,19,21)/t14-/m0/s1. The van der Waals surface area contributed by atoms with Crippen LogP contribution in [0.2, 0.25) is 5.15 Å². The van der Waals surface area contributed by atoms with Crippen LogP contribution in [0.4, 0.5) is 0 Å². The Hall–Kier alpha value is -1.91. The molecule has 110 valence electrons. The molecule has 0 radical (unpaired) electrons. The van der Waals surface area contributed by atoms with Crippen molar-refractivity contribution < 1.29 is 4.79 Å². The van der Waals surface area contributed by atoms with Gasteiger partial charge in [0.2, 0.25) is 0 Å². The molecule has 0 fully saturated rings. The van der Waals surface area contributed by atoms with Gasteiger partial charge in [-0.1, -0.05) is 41.9 Å². The van der Waals surface area contributed by atoms with Gasteiger partial charge in [0.05, 0.1) is 11.6 Å². The first-order valence-electron chi connectivity index (χ1n) is 6.68. The maximum Gasteiger partial charge on any atom is 0.253 e. The van der Waals surface area contributed by atoms with E-state index in [4.69, 9.17) is 11.6 Å². The second-order valence-corrected chi connectivity index (χ2v) is 5.46. The number of hydrogen-bond donors (Lipinski definition) is 1. The Morgan fingerprint density at radius 2 is 1.95 bits per heavy atom. The minimum absolute atomic E-state index is 0.0793. The number of halogens is 1. The summed E-state index contributed by atoms with van der Waals surface area (Å²) >= 11 is 5.74. The zero-order valence-corrected chi connectivity index (χ0v) is 12.8. The van der Waals surface area contributed by atoms with Gasteiger partial charge in [-0.05, 0) is 31.8 Å². The highest BCUT2D eigenvalue weighted by molar-refractivity contribution is 6.29. The Labute approximate surface area is 129 Å². The maximum atomic E-state index is 12.3.